The van der Waals surface area contributed by atoms with E-state index in [1.54, 1.807) is 30.3 Å². The Morgan fingerprint density at radius 2 is 1.73 bits per heavy atom. The Morgan fingerprint density at radius 3 is 1.93 bits per heavy atom. The molecule has 0 saturated heterocycles. The summed E-state index contributed by atoms with van der Waals surface area (Å²) in [7, 11) is -2.58. The van der Waals surface area contributed by atoms with Gasteiger partial charge in [0.05, 0.1) is 11.8 Å². The molecule has 0 atom stereocenters. The summed E-state index contributed by atoms with van der Waals surface area (Å²) in [4.78, 5) is 10.2. The van der Waals surface area contributed by atoms with Gasteiger partial charge in [0.1, 0.15) is 0 Å². The number of benzene rings is 1. The first-order chi connectivity index (χ1) is 6.87. The van der Waals surface area contributed by atoms with Crippen molar-refractivity contribution in [1.82, 2.24) is 0 Å². The number of halogens is 1. The second-order valence-corrected chi connectivity index (χ2v) is 7.30. The highest BCUT2D eigenvalue weighted by Gasteiger charge is 2.17. The summed E-state index contributed by atoms with van der Waals surface area (Å²) < 4.78 is 12.0. The third kappa shape index (κ3) is 7.84. The molecular weight excluding hydrogens is 215 g/mol. The van der Waals surface area contributed by atoms with Crippen molar-refractivity contribution < 1.29 is 19.1 Å². The van der Waals surface area contributed by atoms with Gasteiger partial charge in [-0.3, -0.25) is 0 Å². The van der Waals surface area contributed by atoms with Crippen molar-refractivity contribution in [2.45, 2.75) is 13.1 Å². The minimum absolute atomic E-state index is 0.257. The monoisotopic (exact) mass is 230 g/mol. The zero-order chi connectivity index (χ0) is 11.9. The van der Waals surface area contributed by atoms with Gasteiger partial charge in [0.25, 0.3) is 8.41 Å². The van der Waals surface area contributed by atoms with Crippen LogP contribution in [0.4, 0.5) is 4.11 Å². The average Bonchev–Trinajstić information content (AvgIpc) is 2.19. The molecule has 0 aliphatic rings. The van der Waals surface area contributed by atoms with E-state index in [9.17, 15) is 8.90 Å². The van der Waals surface area contributed by atoms with Crippen molar-refractivity contribution in [2.75, 3.05) is 6.23 Å². The molecule has 84 valence electrons. The molecule has 0 radical (unpaired) electrons. The smallest absolute Gasteiger partial charge is 0.335 e. The molecule has 1 aromatic rings. The Kier molecular flexibility index (Phi) is 5.81. The van der Waals surface area contributed by atoms with Gasteiger partial charge in [-0.05, 0) is 25.2 Å². The van der Waals surface area contributed by atoms with Crippen molar-refractivity contribution >= 4 is 14.4 Å². The second kappa shape index (κ2) is 6.31. The topological polar surface area (TPSA) is 57.5 Å². The lowest BCUT2D eigenvalue weighted by Gasteiger charge is -2.01. The van der Waals surface area contributed by atoms with E-state index in [-0.39, 0.29) is 6.23 Å². The fourth-order valence-corrected chi connectivity index (χ4v) is 0.581. The third-order valence-electron chi connectivity index (χ3n) is 1.40. The van der Waals surface area contributed by atoms with Crippen molar-refractivity contribution in [2.24, 2.45) is 0 Å². The molecule has 3 nitrogen and oxygen atoms in total. The number of aromatic carboxylic acids is 1. The average molecular weight is 230 g/mol. The van der Waals surface area contributed by atoms with Gasteiger partial charge < -0.3 is 14.3 Å². The molecule has 0 unspecified atom stereocenters. The zero-order valence-electron chi connectivity index (χ0n) is 8.77. The van der Waals surface area contributed by atoms with Gasteiger partial charge in [0, 0.05) is 0 Å². The number of rotatable bonds is 2. The van der Waals surface area contributed by atoms with Crippen molar-refractivity contribution in [1.29, 1.82) is 0 Å². The molecule has 0 aliphatic heterocycles. The van der Waals surface area contributed by atoms with Crippen LogP contribution in [0.1, 0.15) is 10.4 Å². The standard InChI is InChI=1S/C7H6O2.C3H9FOSi/c8-7(9)6-4-2-1-3-5-6;1-6(2,4)3-5/h1-5H,(H,8,9);5H,3H2,1-2H3. The van der Waals surface area contributed by atoms with Crippen LogP contribution in [-0.4, -0.2) is 30.8 Å². The number of aliphatic hydroxyl groups is 1. The SMILES string of the molecule is C[Si](C)(F)CO.O=C(O)c1ccccc1. The first kappa shape index (κ1) is 13.8. The number of carbonyl (C=O) groups is 1. The number of aliphatic hydroxyl groups excluding tert-OH is 1. The van der Waals surface area contributed by atoms with Crippen LogP contribution in [-0.2, 0) is 0 Å². The van der Waals surface area contributed by atoms with Gasteiger partial charge in [-0.25, -0.2) is 4.79 Å². The first-order valence-electron chi connectivity index (χ1n) is 4.45. The molecule has 1 aromatic carbocycles. The lowest BCUT2D eigenvalue weighted by molar-refractivity contribution is 0.0697. The van der Waals surface area contributed by atoms with Crippen LogP contribution in [0.3, 0.4) is 0 Å². The van der Waals surface area contributed by atoms with E-state index in [0.717, 1.165) is 0 Å². The molecule has 0 saturated carbocycles. The summed E-state index contributed by atoms with van der Waals surface area (Å²) in [6.45, 7) is 2.93. The molecule has 1 rings (SSSR count). The van der Waals surface area contributed by atoms with Gasteiger partial charge in [0.2, 0.25) is 0 Å². The van der Waals surface area contributed by atoms with E-state index in [2.05, 4.69) is 0 Å². The van der Waals surface area contributed by atoms with E-state index in [4.69, 9.17) is 10.2 Å². The fourth-order valence-electron chi connectivity index (χ4n) is 0.581. The Balaban J connectivity index is 0.000000288. The quantitative estimate of drug-likeness (QED) is 0.604. The van der Waals surface area contributed by atoms with E-state index < -0.39 is 14.4 Å². The maximum atomic E-state index is 12.0. The van der Waals surface area contributed by atoms with E-state index in [1.807, 2.05) is 0 Å². The molecule has 15 heavy (non-hydrogen) atoms. The number of carboxylic acid groups (broad SMARTS) is 1. The lowest BCUT2D eigenvalue weighted by atomic mass is 10.2. The Hall–Kier alpha value is -1.20. The van der Waals surface area contributed by atoms with Crippen LogP contribution in [0.25, 0.3) is 0 Å². The van der Waals surface area contributed by atoms with Gasteiger partial charge in [-0.2, -0.15) is 0 Å². The summed E-state index contributed by atoms with van der Waals surface area (Å²) in [5.41, 5.74) is 0.331. The van der Waals surface area contributed by atoms with Crippen LogP contribution >= 0.6 is 0 Å². The largest absolute Gasteiger partial charge is 0.478 e. The number of carboxylic acids is 1. The van der Waals surface area contributed by atoms with E-state index in [1.165, 1.54) is 13.1 Å². The zero-order valence-corrected chi connectivity index (χ0v) is 9.77. The van der Waals surface area contributed by atoms with Crippen LogP contribution in [0, 0.1) is 0 Å². The van der Waals surface area contributed by atoms with Crippen LogP contribution in [0.2, 0.25) is 13.1 Å². The predicted molar refractivity (Wildman–Crippen MR) is 59.1 cm³/mol. The second-order valence-electron chi connectivity index (χ2n) is 3.55. The summed E-state index contributed by atoms with van der Waals surface area (Å²) in [6, 6.07) is 8.30. The Bertz CT molecular complexity index is 295. The van der Waals surface area contributed by atoms with Crippen LogP contribution < -0.4 is 0 Å². The Morgan fingerprint density at radius 1 is 1.33 bits per heavy atom. The molecule has 0 bridgehead atoms. The molecular formula is C10H15FO3Si. The van der Waals surface area contributed by atoms with Crippen molar-refractivity contribution in [3.8, 4) is 0 Å². The molecule has 0 aliphatic carbocycles. The minimum Gasteiger partial charge on any atom is -0.478 e. The van der Waals surface area contributed by atoms with Crippen LogP contribution in [0.15, 0.2) is 30.3 Å². The highest BCUT2D eigenvalue weighted by molar-refractivity contribution is 6.70. The summed E-state index contributed by atoms with van der Waals surface area (Å²) >= 11 is 0. The molecule has 0 fully saturated rings. The number of hydrogen-bond acceptors (Lipinski definition) is 2. The summed E-state index contributed by atoms with van der Waals surface area (Å²) in [5.74, 6) is -0.879. The normalized spacial score (nSPS) is 10.1. The molecule has 0 heterocycles. The van der Waals surface area contributed by atoms with Gasteiger partial charge in [0.15, 0.2) is 0 Å². The maximum Gasteiger partial charge on any atom is 0.335 e. The van der Waals surface area contributed by atoms with Gasteiger partial charge in [-0.1, -0.05) is 18.2 Å². The third-order valence-corrected chi connectivity index (χ3v) is 2.15. The summed E-state index contributed by atoms with van der Waals surface area (Å²) in [6.07, 6.45) is -0.257. The highest BCUT2D eigenvalue weighted by atomic mass is 28.4. The molecule has 2 N–H and O–H groups in total. The highest BCUT2D eigenvalue weighted by Crippen LogP contribution is 1.98. The van der Waals surface area contributed by atoms with Gasteiger partial charge >= 0.3 is 5.97 Å². The van der Waals surface area contributed by atoms with Crippen LogP contribution in [0.5, 0.6) is 0 Å². The maximum absolute atomic E-state index is 12.0. The molecule has 0 amide bonds. The fraction of sp³-hybridized carbons (Fsp3) is 0.300. The predicted octanol–water partition coefficient (Wildman–Crippen LogP) is 2.08. The van der Waals surface area contributed by atoms with Crippen molar-refractivity contribution in [3.63, 3.8) is 0 Å². The lowest BCUT2D eigenvalue weighted by Crippen LogP contribution is -2.23. The first-order valence-corrected chi connectivity index (χ1v) is 7.53. The molecule has 0 spiro atoms. The molecule has 0 aromatic heterocycles. The van der Waals surface area contributed by atoms with E-state index in [0.29, 0.717) is 5.56 Å². The van der Waals surface area contributed by atoms with Crippen molar-refractivity contribution in [3.05, 3.63) is 35.9 Å². The minimum atomic E-state index is -2.58. The van der Waals surface area contributed by atoms with Gasteiger partial charge in [-0.15, -0.1) is 0 Å². The molecule has 5 heteroatoms. The summed E-state index contributed by atoms with van der Waals surface area (Å²) in [5, 5.41) is 16.5. The van der Waals surface area contributed by atoms with E-state index >= 15 is 0 Å². The number of hydrogen-bond donors (Lipinski definition) is 2. The Labute approximate surface area is 89.4 Å².